The van der Waals surface area contributed by atoms with Crippen LogP contribution in [0.1, 0.15) is 43.5 Å². The van der Waals surface area contributed by atoms with Gasteiger partial charge in [-0.15, -0.1) is 0 Å². The molecule has 29 heavy (non-hydrogen) atoms. The summed E-state index contributed by atoms with van der Waals surface area (Å²) in [7, 11) is 0. The van der Waals surface area contributed by atoms with Crippen molar-refractivity contribution in [3.63, 3.8) is 0 Å². The second-order valence-electron chi connectivity index (χ2n) is 6.83. The van der Waals surface area contributed by atoms with Crippen LogP contribution in [0.2, 0.25) is 0 Å². The third-order valence-electron chi connectivity index (χ3n) is 4.83. The Hall–Kier alpha value is -3.02. The molecule has 1 aliphatic heterocycles. The number of piperidine rings is 1. The highest BCUT2D eigenvalue weighted by atomic mass is 16.5. The molecule has 154 valence electrons. The van der Waals surface area contributed by atoms with Gasteiger partial charge in [0.25, 0.3) is 5.91 Å². The van der Waals surface area contributed by atoms with Crippen molar-refractivity contribution in [1.29, 1.82) is 0 Å². The van der Waals surface area contributed by atoms with Crippen molar-refractivity contribution in [2.45, 2.75) is 33.1 Å². The van der Waals surface area contributed by atoms with E-state index in [1.54, 1.807) is 35.2 Å². The van der Waals surface area contributed by atoms with Crippen molar-refractivity contribution < 1.29 is 19.1 Å². The van der Waals surface area contributed by atoms with Gasteiger partial charge >= 0.3 is 6.03 Å². The van der Waals surface area contributed by atoms with Crippen LogP contribution in [0.15, 0.2) is 48.5 Å². The van der Waals surface area contributed by atoms with Crippen molar-refractivity contribution in [3.05, 3.63) is 54.1 Å². The summed E-state index contributed by atoms with van der Waals surface area (Å²) >= 11 is 0. The van der Waals surface area contributed by atoms with E-state index in [1.165, 1.54) is 4.90 Å². The number of benzene rings is 2. The number of para-hydroxylation sites is 1. The number of amides is 3. The van der Waals surface area contributed by atoms with E-state index < -0.39 is 0 Å². The third kappa shape index (κ3) is 4.88. The molecule has 2 aromatic carbocycles. The monoisotopic (exact) mass is 396 g/mol. The molecule has 3 amide bonds. The number of imide groups is 1. The van der Waals surface area contributed by atoms with E-state index in [0.717, 1.165) is 19.3 Å². The number of rotatable bonds is 6. The van der Waals surface area contributed by atoms with Crippen LogP contribution in [0, 0.1) is 0 Å². The van der Waals surface area contributed by atoms with E-state index in [-0.39, 0.29) is 11.9 Å². The van der Waals surface area contributed by atoms with Gasteiger partial charge in [-0.2, -0.15) is 0 Å². The molecule has 1 aliphatic rings. The standard InChI is InChI=1S/C23H28N2O4/c1-3-28-20-14-13-18(17-21(20)29-4-2)22(26)25(19-11-7-5-8-12-19)23(27)24-15-9-6-10-16-24/h5,7-8,11-14,17H,3-4,6,9-10,15-16H2,1-2H3. The van der Waals surface area contributed by atoms with Crippen LogP contribution < -0.4 is 14.4 Å². The van der Waals surface area contributed by atoms with Gasteiger partial charge in [0.1, 0.15) is 0 Å². The summed E-state index contributed by atoms with van der Waals surface area (Å²) in [6.45, 7) is 6.05. The van der Waals surface area contributed by atoms with Gasteiger partial charge in [0.15, 0.2) is 11.5 Å². The number of urea groups is 1. The van der Waals surface area contributed by atoms with Crippen molar-refractivity contribution in [2.75, 3.05) is 31.2 Å². The van der Waals surface area contributed by atoms with E-state index in [4.69, 9.17) is 9.47 Å². The van der Waals surface area contributed by atoms with Gasteiger partial charge < -0.3 is 14.4 Å². The number of likely N-dealkylation sites (tertiary alicyclic amines) is 1. The summed E-state index contributed by atoms with van der Waals surface area (Å²) in [6, 6.07) is 13.8. The molecular weight excluding hydrogens is 368 g/mol. The second-order valence-corrected chi connectivity index (χ2v) is 6.83. The zero-order valence-electron chi connectivity index (χ0n) is 17.1. The van der Waals surface area contributed by atoms with E-state index >= 15 is 0 Å². The lowest BCUT2D eigenvalue weighted by Gasteiger charge is -2.32. The van der Waals surface area contributed by atoms with Crippen molar-refractivity contribution in [3.8, 4) is 11.5 Å². The summed E-state index contributed by atoms with van der Waals surface area (Å²) in [5.74, 6) is 0.703. The normalized spacial score (nSPS) is 13.7. The summed E-state index contributed by atoms with van der Waals surface area (Å²) in [5.41, 5.74) is 0.936. The summed E-state index contributed by atoms with van der Waals surface area (Å²) in [5, 5.41) is 0. The first-order valence-electron chi connectivity index (χ1n) is 10.2. The quantitative estimate of drug-likeness (QED) is 0.708. The molecule has 0 N–H and O–H groups in total. The first-order valence-corrected chi connectivity index (χ1v) is 10.2. The highest BCUT2D eigenvalue weighted by molar-refractivity contribution is 6.20. The van der Waals surface area contributed by atoms with Gasteiger partial charge in [-0.1, -0.05) is 18.2 Å². The molecule has 3 rings (SSSR count). The Labute approximate surface area is 172 Å². The van der Waals surface area contributed by atoms with Crippen molar-refractivity contribution in [2.24, 2.45) is 0 Å². The molecule has 1 fully saturated rings. The maximum absolute atomic E-state index is 13.4. The topological polar surface area (TPSA) is 59.1 Å². The molecule has 6 heteroatoms. The summed E-state index contributed by atoms with van der Waals surface area (Å²) < 4.78 is 11.2. The number of nitrogens with zero attached hydrogens (tertiary/aromatic N) is 2. The second kappa shape index (κ2) is 9.96. The molecule has 0 unspecified atom stereocenters. The molecule has 0 aliphatic carbocycles. The smallest absolute Gasteiger partial charge is 0.331 e. The van der Waals surface area contributed by atoms with Crippen LogP contribution in [-0.2, 0) is 0 Å². The molecule has 1 heterocycles. The van der Waals surface area contributed by atoms with Gasteiger partial charge in [-0.05, 0) is 63.4 Å². The minimum absolute atomic E-state index is 0.284. The van der Waals surface area contributed by atoms with E-state index in [1.807, 2.05) is 32.0 Å². The van der Waals surface area contributed by atoms with E-state index in [9.17, 15) is 9.59 Å². The number of hydrogen-bond donors (Lipinski definition) is 0. The lowest BCUT2D eigenvalue weighted by molar-refractivity contribution is 0.0983. The maximum atomic E-state index is 13.4. The van der Waals surface area contributed by atoms with Gasteiger partial charge in [-0.3, -0.25) is 4.79 Å². The number of carbonyl (C=O) groups is 2. The zero-order valence-corrected chi connectivity index (χ0v) is 17.1. The van der Waals surface area contributed by atoms with Gasteiger partial charge in [-0.25, -0.2) is 9.69 Å². The summed E-state index contributed by atoms with van der Waals surface area (Å²) in [4.78, 5) is 29.7. The molecule has 0 bridgehead atoms. The van der Waals surface area contributed by atoms with Crippen LogP contribution in [0.3, 0.4) is 0 Å². The number of hydrogen-bond acceptors (Lipinski definition) is 4. The molecule has 0 saturated carbocycles. The van der Waals surface area contributed by atoms with Crippen LogP contribution in [0.25, 0.3) is 0 Å². The Morgan fingerprint density at radius 2 is 1.55 bits per heavy atom. The molecular formula is C23H28N2O4. The van der Waals surface area contributed by atoms with E-state index in [2.05, 4.69) is 0 Å². The highest BCUT2D eigenvalue weighted by Gasteiger charge is 2.30. The first-order chi connectivity index (χ1) is 14.2. The van der Waals surface area contributed by atoms with Gasteiger partial charge in [0, 0.05) is 18.7 Å². The minimum Gasteiger partial charge on any atom is -0.490 e. The average Bonchev–Trinajstić information content (AvgIpc) is 2.76. The fraction of sp³-hybridized carbons (Fsp3) is 0.391. The summed E-state index contributed by atoms with van der Waals surface area (Å²) in [6.07, 6.45) is 3.03. The first kappa shape index (κ1) is 20.7. The molecule has 2 aromatic rings. The van der Waals surface area contributed by atoms with Crippen LogP contribution >= 0.6 is 0 Å². The average molecular weight is 396 g/mol. The Balaban J connectivity index is 1.96. The van der Waals surface area contributed by atoms with Gasteiger partial charge in [0.05, 0.1) is 18.9 Å². The predicted molar refractivity (Wildman–Crippen MR) is 113 cm³/mol. The molecule has 0 spiro atoms. The molecule has 0 aromatic heterocycles. The van der Waals surface area contributed by atoms with E-state index in [0.29, 0.717) is 49.1 Å². The largest absolute Gasteiger partial charge is 0.490 e. The fourth-order valence-corrected chi connectivity index (χ4v) is 3.43. The SMILES string of the molecule is CCOc1ccc(C(=O)N(C(=O)N2CCCCC2)c2ccccc2)cc1OCC. The Bertz CT molecular complexity index is 832. The Kier molecular flexibility index (Phi) is 7.11. The predicted octanol–water partition coefficient (Wildman–Crippen LogP) is 4.74. The molecule has 0 atom stereocenters. The Morgan fingerprint density at radius 1 is 0.897 bits per heavy atom. The van der Waals surface area contributed by atoms with Gasteiger partial charge in [0.2, 0.25) is 0 Å². The Morgan fingerprint density at radius 3 is 2.21 bits per heavy atom. The van der Waals surface area contributed by atoms with Crippen LogP contribution in [0.4, 0.5) is 10.5 Å². The maximum Gasteiger partial charge on any atom is 0.331 e. The van der Waals surface area contributed by atoms with Crippen molar-refractivity contribution >= 4 is 17.6 Å². The van der Waals surface area contributed by atoms with Crippen LogP contribution in [-0.4, -0.2) is 43.1 Å². The number of ether oxygens (including phenoxy) is 2. The lowest BCUT2D eigenvalue weighted by atomic mass is 10.1. The van der Waals surface area contributed by atoms with Crippen molar-refractivity contribution in [1.82, 2.24) is 4.90 Å². The molecule has 0 radical (unpaired) electrons. The fourth-order valence-electron chi connectivity index (χ4n) is 3.43. The number of carbonyl (C=O) groups excluding carboxylic acids is 2. The molecule has 6 nitrogen and oxygen atoms in total. The molecule has 1 saturated heterocycles. The third-order valence-corrected chi connectivity index (χ3v) is 4.83. The highest BCUT2D eigenvalue weighted by Crippen LogP contribution is 2.30. The van der Waals surface area contributed by atoms with Crippen LogP contribution in [0.5, 0.6) is 11.5 Å². The minimum atomic E-state index is -0.379. The number of anilines is 1. The lowest BCUT2D eigenvalue weighted by Crippen LogP contribution is -2.48. The zero-order chi connectivity index (χ0) is 20.6.